The molecular weight excluding hydrogens is 964 g/mol. The number of carbonyl (C=O) groups is 2. The van der Waals surface area contributed by atoms with Crippen LogP contribution in [0.3, 0.4) is 0 Å². The zero-order valence-electron chi connectivity index (χ0n) is 40.1. The van der Waals surface area contributed by atoms with E-state index in [1.165, 1.54) is 12.4 Å². The molecule has 2 unspecified atom stereocenters. The van der Waals surface area contributed by atoms with Gasteiger partial charge in [-0.05, 0) is 98.4 Å². The highest BCUT2D eigenvalue weighted by Crippen LogP contribution is 2.38. The molecule has 0 amide bonds. The number of aromatic nitrogens is 2. The minimum absolute atomic E-state index is 0.0217. The smallest absolute Gasteiger partial charge is 0.321 e. The number of benzene rings is 4. The van der Waals surface area contributed by atoms with Gasteiger partial charge in [0.1, 0.15) is 73.6 Å². The second-order valence-corrected chi connectivity index (χ2v) is 17.9. The Kier molecular flexibility index (Phi) is 19.3. The van der Waals surface area contributed by atoms with E-state index in [0.717, 1.165) is 33.4 Å². The number of ether oxygens (including phenoxy) is 4. The number of halogens is 2. The Morgan fingerprint density at radius 1 is 0.583 bits per heavy atom. The van der Waals surface area contributed by atoms with Gasteiger partial charge in [-0.25, -0.2) is 0 Å². The SMILES string of the molecule is Cc1c(COc2cc(OCc3cncc(C#N)c3)c(CN(C)C(CCO)C(=O)O)cc2Cl)cccc1-c1cccc(COc2cc(OCc3cncc(C#N)c3)c(CN(C)C(CCO)C(=O)O)cc2Cl)c1C. The van der Waals surface area contributed by atoms with E-state index in [9.17, 15) is 40.5 Å². The Hall–Kier alpha value is -7.28. The molecule has 18 heteroatoms. The molecule has 0 aliphatic rings. The summed E-state index contributed by atoms with van der Waals surface area (Å²) in [4.78, 5) is 35.5. The maximum atomic E-state index is 12.0. The number of hydrogen-bond donors (Lipinski definition) is 4. The quantitative estimate of drug-likeness (QED) is 0.0420. The lowest BCUT2D eigenvalue weighted by molar-refractivity contribution is -0.144. The molecule has 6 rings (SSSR count). The summed E-state index contributed by atoms with van der Waals surface area (Å²) in [5.41, 5.74) is 8.82. The number of nitriles is 2. The summed E-state index contributed by atoms with van der Waals surface area (Å²) in [6, 6.07) is 24.1. The first kappa shape index (κ1) is 54.1. The van der Waals surface area contributed by atoms with Crippen molar-refractivity contribution in [2.75, 3.05) is 27.3 Å². The number of pyridine rings is 2. The van der Waals surface area contributed by atoms with Gasteiger partial charge in [0.05, 0.1) is 21.2 Å². The van der Waals surface area contributed by atoms with Crippen LogP contribution in [0.25, 0.3) is 11.1 Å². The largest absolute Gasteiger partial charge is 0.488 e. The molecule has 2 aromatic heterocycles. The summed E-state index contributed by atoms with van der Waals surface area (Å²) in [5.74, 6) is -0.731. The summed E-state index contributed by atoms with van der Waals surface area (Å²) in [5, 5.41) is 58.1. The third kappa shape index (κ3) is 14.0. The monoisotopic (exact) mass is 1020 g/mol. The van der Waals surface area contributed by atoms with Crippen LogP contribution < -0.4 is 18.9 Å². The van der Waals surface area contributed by atoms with E-state index >= 15 is 0 Å². The second-order valence-electron chi connectivity index (χ2n) is 17.1. The first-order valence-corrected chi connectivity index (χ1v) is 23.5. The van der Waals surface area contributed by atoms with Crippen LogP contribution in [0, 0.1) is 36.5 Å². The van der Waals surface area contributed by atoms with Gasteiger partial charge >= 0.3 is 11.9 Å². The van der Waals surface area contributed by atoms with E-state index in [2.05, 4.69) is 22.1 Å². The second kappa shape index (κ2) is 25.7. The lowest BCUT2D eigenvalue weighted by atomic mass is 9.92. The van der Waals surface area contributed by atoms with Crippen LogP contribution in [0.5, 0.6) is 23.0 Å². The molecule has 4 aromatic carbocycles. The number of nitrogens with zero attached hydrogens (tertiary/aromatic N) is 6. The Bertz CT molecular complexity index is 2780. The lowest BCUT2D eigenvalue weighted by Crippen LogP contribution is -2.38. The van der Waals surface area contributed by atoms with Crippen LogP contribution in [0.1, 0.15) is 68.5 Å². The number of rotatable bonds is 25. The highest BCUT2D eigenvalue weighted by Gasteiger charge is 2.26. The van der Waals surface area contributed by atoms with Gasteiger partial charge in [0.2, 0.25) is 0 Å². The van der Waals surface area contributed by atoms with Crippen molar-refractivity contribution in [3.05, 3.63) is 163 Å². The molecule has 0 bridgehead atoms. The van der Waals surface area contributed by atoms with Crippen LogP contribution in [0.15, 0.2) is 97.6 Å². The fourth-order valence-corrected chi connectivity index (χ4v) is 8.59. The molecule has 0 fully saturated rings. The predicted octanol–water partition coefficient (Wildman–Crippen LogP) is 8.66. The van der Waals surface area contributed by atoms with Gasteiger partial charge in [0.25, 0.3) is 0 Å². The summed E-state index contributed by atoms with van der Waals surface area (Å²) in [6.45, 7) is 4.04. The maximum Gasteiger partial charge on any atom is 0.321 e. The molecule has 2 atom stereocenters. The van der Waals surface area contributed by atoms with Crippen LogP contribution in [0.4, 0.5) is 0 Å². The topological polar surface area (TPSA) is 232 Å². The van der Waals surface area contributed by atoms with Crippen molar-refractivity contribution in [3.8, 4) is 46.3 Å². The number of carboxylic acids is 2. The number of aliphatic hydroxyl groups excluding tert-OH is 2. The van der Waals surface area contributed by atoms with Crippen molar-refractivity contribution in [2.24, 2.45) is 0 Å². The van der Waals surface area contributed by atoms with Crippen LogP contribution in [-0.4, -0.2) is 91.5 Å². The van der Waals surface area contributed by atoms with E-state index in [1.54, 1.807) is 72.7 Å². The fourth-order valence-electron chi connectivity index (χ4n) is 8.11. The zero-order valence-corrected chi connectivity index (χ0v) is 41.7. The standard InChI is InChI=1S/C54H54Cl2N6O10/c1-33-39(31-71-51-19-49(69-29-37-15-35(21-57)23-59-25-37)41(17-45(51)55)27-61(3)47(11-13-63)53(65)66)7-5-9-43(33)44-10-6-8-40(34(44)2)32-72-52-20-50(70-30-38-16-36(22-58)24-60-26-38)42(18-46(52)56)28-62(4)48(12-14-64)54(67)68/h5-10,15-20,23-26,47-48,63-64H,11-14,27-32H2,1-4H3,(H,65,66)(H,67,68). The van der Waals surface area contributed by atoms with E-state index in [0.29, 0.717) is 56.4 Å². The molecule has 4 N–H and O–H groups in total. The summed E-state index contributed by atoms with van der Waals surface area (Å²) in [7, 11) is 3.28. The Balaban J connectivity index is 1.23. The summed E-state index contributed by atoms with van der Waals surface area (Å²) >= 11 is 13.7. The normalized spacial score (nSPS) is 11.9. The Morgan fingerprint density at radius 3 is 1.33 bits per heavy atom. The van der Waals surface area contributed by atoms with Crippen molar-refractivity contribution in [1.29, 1.82) is 10.5 Å². The molecule has 0 saturated carbocycles. The van der Waals surface area contributed by atoms with Gasteiger partial charge in [-0.2, -0.15) is 10.5 Å². The maximum absolute atomic E-state index is 12.0. The number of likely N-dealkylation sites (N-methyl/N-ethyl adjacent to an activating group) is 2. The van der Waals surface area contributed by atoms with Gasteiger partial charge in [-0.15, -0.1) is 0 Å². The molecule has 0 saturated heterocycles. The number of aliphatic carboxylic acids is 2. The van der Waals surface area contributed by atoms with E-state index in [-0.39, 0.29) is 75.6 Å². The minimum Gasteiger partial charge on any atom is -0.488 e. The molecule has 374 valence electrons. The van der Waals surface area contributed by atoms with Crippen molar-refractivity contribution in [1.82, 2.24) is 19.8 Å². The van der Waals surface area contributed by atoms with Gasteiger partial charge in [-0.3, -0.25) is 29.4 Å². The highest BCUT2D eigenvalue weighted by molar-refractivity contribution is 6.32. The summed E-state index contributed by atoms with van der Waals surface area (Å²) in [6.07, 6.45) is 6.12. The molecular formula is C54H54Cl2N6O10. The molecule has 0 spiro atoms. The number of aliphatic hydroxyl groups is 2. The van der Waals surface area contributed by atoms with Crippen molar-refractivity contribution in [2.45, 2.75) is 78.3 Å². The molecule has 0 radical (unpaired) electrons. The molecule has 0 aliphatic heterocycles. The summed E-state index contributed by atoms with van der Waals surface area (Å²) < 4.78 is 25.3. The van der Waals surface area contributed by atoms with Crippen molar-refractivity contribution in [3.63, 3.8) is 0 Å². The first-order chi connectivity index (χ1) is 34.6. The van der Waals surface area contributed by atoms with Crippen molar-refractivity contribution < 1.29 is 49.0 Å². The first-order valence-electron chi connectivity index (χ1n) is 22.7. The molecule has 0 aliphatic carbocycles. The molecule has 2 heterocycles. The average Bonchev–Trinajstić information content (AvgIpc) is 3.36. The van der Waals surface area contributed by atoms with E-state index in [1.807, 2.05) is 50.2 Å². The van der Waals surface area contributed by atoms with Gasteiger partial charge in [0, 0.05) is 85.5 Å². The number of hydrogen-bond acceptors (Lipinski definition) is 14. The molecule has 16 nitrogen and oxygen atoms in total. The number of carboxylic acid groups (broad SMARTS) is 2. The zero-order chi connectivity index (χ0) is 51.9. The van der Waals surface area contributed by atoms with Gasteiger partial charge < -0.3 is 39.4 Å². The van der Waals surface area contributed by atoms with Gasteiger partial charge in [-0.1, -0.05) is 59.6 Å². The van der Waals surface area contributed by atoms with Gasteiger partial charge in [0.15, 0.2) is 0 Å². The Labute approximate surface area is 427 Å². The van der Waals surface area contributed by atoms with E-state index in [4.69, 9.17) is 42.1 Å². The predicted molar refractivity (Wildman–Crippen MR) is 269 cm³/mol. The molecule has 72 heavy (non-hydrogen) atoms. The van der Waals surface area contributed by atoms with Crippen LogP contribution in [-0.2, 0) is 49.1 Å². The fraction of sp³-hybridized carbons (Fsp3) is 0.296. The van der Waals surface area contributed by atoms with E-state index < -0.39 is 24.0 Å². The Morgan fingerprint density at radius 2 is 0.972 bits per heavy atom. The average molecular weight is 1020 g/mol. The van der Waals surface area contributed by atoms with Crippen molar-refractivity contribution >= 4 is 35.1 Å². The van der Waals surface area contributed by atoms with Crippen LogP contribution >= 0.6 is 23.2 Å². The van der Waals surface area contributed by atoms with Crippen LogP contribution in [0.2, 0.25) is 10.0 Å². The minimum atomic E-state index is -1.08. The molecule has 6 aromatic rings. The lowest BCUT2D eigenvalue weighted by Gasteiger charge is -2.25. The highest BCUT2D eigenvalue weighted by atomic mass is 35.5. The third-order valence-corrected chi connectivity index (χ3v) is 12.7. The third-order valence-electron chi connectivity index (χ3n) is 12.1.